The van der Waals surface area contributed by atoms with Crippen LogP contribution in [-0.2, 0) is 0 Å². The number of hydrogen-bond donors (Lipinski definition) is 2. The van der Waals surface area contributed by atoms with Gasteiger partial charge in [-0.15, -0.1) is 0 Å². The van der Waals surface area contributed by atoms with E-state index in [2.05, 4.69) is 32.1 Å². The van der Waals surface area contributed by atoms with E-state index in [1.807, 2.05) is 12.1 Å². The van der Waals surface area contributed by atoms with Crippen molar-refractivity contribution in [2.75, 3.05) is 5.73 Å². The first-order chi connectivity index (χ1) is 10.3. The highest BCUT2D eigenvalue weighted by Crippen LogP contribution is 2.25. The van der Waals surface area contributed by atoms with Crippen molar-refractivity contribution < 1.29 is 4.74 Å². The Kier molecular flexibility index (Phi) is 3.63. The summed E-state index contributed by atoms with van der Waals surface area (Å²) in [6.45, 7) is 2.10. The van der Waals surface area contributed by atoms with E-state index >= 15 is 0 Å². The summed E-state index contributed by atoms with van der Waals surface area (Å²) in [6.07, 6.45) is 6.80. The average molecular weight is 284 g/mol. The summed E-state index contributed by atoms with van der Waals surface area (Å²) >= 11 is 0. The first kappa shape index (κ1) is 13.3. The molecule has 7 nitrogen and oxygen atoms in total. The molecular formula is C14H16N6O. The van der Waals surface area contributed by atoms with Gasteiger partial charge in [-0.25, -0.2) is 0 Å². The molecule has 0 aromatic carbocycles. The van der Waals surface area contributed by atoms with Gasteiger partial charge in [-0.2, -0.15) is 15.1 Å². The number of fused-ring (bicyclic) bond motifs is 1. The van der Waals surface area contributed by atoms with Gasteiger partial charge in [-0.1, -0.05) is 13.3 Å². The molecule has 3 aromatic rings. The van der Waals surface area contributed by atoms with E-state index in [-0.39, 0.29) is 12.1 Å². The normalized spacial score (nSPS) is 12.4. The summed E-state index contributed by atoms with van der Waals surface area (Å²) in [5.41, 5.74) is 7.50. The number of nitrogen functional groups attached to an aromatic ring is 1. The maximum Gasteiger partial charge on any atom is 0.321 e. The SMILES string of the molecule is CCC[C@H](Oc1nc(N)c2cn[nH]c2n1)c1ccncc1. The molecule has 0 saturated carbocycles. The molecule has 3 N–H and O–H groups in total. The van der Waals surface area contributed by atoms with Crippen LogP contribution in [0.4, 0.5) is 5.82 Å². The lowest BCUT2D eigenvalue weighted by Gasteiger charge is -2.17. The predicted octanol–water partition coefficient (Wildman–Crippen LogP) is 2.25. The second-order valence-electron chi connectivity index (χ2n) is 4.70. The number of nitrogens with two attached hydrogens (primary N) is 1. The Morgan fingerprint density at radius 2 is 2.10 bits per heavy atom. The summed E-state index contributed by atoms with van der Waals surface area (Å²) in [4.78, 5) is 12.5. The Balaban J connectivity index is 1.90. The van der Waals surface area contributed by atoms with Gasteiger partial charge < -0.3 is 10.5 Å². The Morgan fingerprint density at radius 1 is 1.29 bits per heavy atom. The zero-order valence-corrected chi connectivity index (χ0v) is 11.7. The van der Waals surface area contributed by atoms with Gasteiger partial charge in [0.05, 0.1) is 11.6 Å². The van der Waals surface area contributed by atoms with E-state index < -0.39 is 0 Å². The highest BCUT2D eigenvalue weighted by Gasteiger charge is 2.16. The Labute approximate surface area is 121 Å². The van der Waals surface area contributed by atoms with Crippen LogP contribution in [0.2, 0.25) is 0 Å². The molecule has 3 heterocycles. The van der Waals surface area contributed by atoms with E-state index in [1.165, 1.54) is 0 Å². The van der Waals surface area contributed by atoms with Gasteiger partial charge in [-0.05, 0) is 24.1 Å². The fourth-order valence-electron chi connectivity index (χ4n) is 2.15. The van der Waals surface area contributed by atoms with Crippen LogP contribution >= 0.6 is 0 Å². The number of nitrogens with one attached hydrogen (secondary N) is 1. The molecule has 0 amide bonds. The second kappa shape index (κ2) is 5.74. The van der Waals surface area contributed by atoms with Crippen molar-refractivity contribution >= 4 is 16.9 Å². The third kappa shape index (κ3) is 2.76. The van der Waals surface area contributed by atoms with Gasteiger partial charge in [-0.3, -0.25) is 10.1 Å². The maximum absolute atomic E-state index is 5.92. The number of H-pyrrole nitrogens is 1. The van der Waals surface area contributed by atoms with Gasteiger partial charge in [0.2, 0.25) is 0 Å². The summed E-state index contributed by atoms with van der Waals surface area (Å²) < 4.78 is 5.92. The van der Waals surface area contributed by atoms with Crippen LogP contribution < -0.4 is 10.5 Å². The number of nitrogens with zero attached hydrogens (tertiary/aromatic N) is 4. The molecule has 7 heteroatoms. The highest BCUT2D eigenvalue weighted by atomic mass is 16.5. The van der Waals surface area contributed by atoms with Gasteiger partial charge in [0.25, 0.3) is 0 Å². The lowest BCUT2D eigenvalue weighted by atomic mass is 10.1. The van der Waals surface area contributed by atoms with Gasteiger partial charge >= 0.3 is 6.01 Å². The summed E-state index contributed by atoms with van der Waals surface area (Å²) in [5, 5.41) is 7.37. The fraction of sp³-hybridized carbons (Fsp3) is 0.286. The topological polar surface area (TPSA) is 103 Å². The second-order valence-corrected chi connectivity index (χ2v) is 4.70. The minimum absolute atomic E-state index is 0.127. The molecule has 0 unspecified atom stereocenters. The number of anilines is 1. The number of aromatic nitrogens is 5. The van der Waals surface area contributed by atoms with Crippen LogP contribution in [0, 0.1) is 0 Å². The summed E-state index contributed by atoms with van der Waals surface area (Å²) in [5.74, 6) is 0.355. The zero-order chi connectivity index (χ0) is 14.7. The summed E-state index contributed by atoms with van der Waals surface area (Å²) in [7, 11) is 0. The lowest BCUT2D eigenvalue weighted by Crippen LogP contribution is -2.10. The number of aromatic amines is 1. The molecule has 0 saturated heterocycles. The van der Waals surface area contributed by atoms with Gasteiger partial charge in [0.15, 0.2) is 5.65 Å². The fourth-order valence-corrected chi connectivity index (χ4v) is 2.15. The van der Waals surface area contributed by atoms with Gasteiger partial charge in [0.1, 0.15) is 11.9 Å². The van der Waals surface area contributed by atoms with Crippen molar-refractivity contribution in [1.29, 1.82) is 0 Å². The van der Waals surface area contributed by atoms with Crippen LogP contribution in [0.3, 0.4) is 0 Å². The third-order valence-corrected chi connectivity index (χ3v) is 3.20. The van der Waals surface area contributed by atoms with E-state index in [0.717, 1.165) is 18.4 Å². The maximum atomic E-state index is 5.92. The van der Waals surface area contributed by atoms with E-state index in [1.54, 1.807) is 18.6 Å². The quantitative estimate of drug-likeness (QED) is 0.745. The molecule has 0 radical (unpaired) electrons. The molecule has 0 aliphatic heterocycles. The summed E-state index contributed by atoms with van der Waals surface area (Å²) in [6, 6.07) is 4.11. The minimum atomic E-state index is -0.127. The van der Waals surface area contributed by atoms with Crippen molar-refractivity contribution in [3.05, 3.63) is 36.3 Å². The molecule has 0 aliphatic carbocycles. The predicted molar refractivity (Wildman–Crippen MR) is 78.6 cm³/mol. The number of ether oxygens (including phenoxy) is 1. The third-order valence-electron chi connectivity index (χ3n) is 3.20. The molecule has 0 aliphatic rings. The van der Waals surface area contributed by atoms with Crippen LogP contribution in [0.25, 0.3) is 11.0 Å². The number of hydrogen-bond acceptors (Lipinski definition) is 6. The Bertz CT molecular complexity index is 727. The van der Waals surface area contributed by atoms with Crippen LogP contribution in [0.15, 0.2) is 30.7 Å². The lowest BCUT2D eigenvalue weighted by molar-refractivity contribution is 0.178. The zero-order valence-electron chi connectivity index (χ0n) is 11.7. The van der Waals surface area contributed by atoms with E-state index in [9.17, 15) is 0 Å². The Hall–Kier alpha value is -2.70. The van der Waals surface area contributed by atoms with Crippen molar-refractivity contribution in [3.8, 4) is 6.01 Å². The largest absolute Gasteiger partial charge is 0.455 e. The standard InChI is InChI=1S/C14H16N6O/c1-2-3-11(9-4-6-16-7-5-9)21-14-18-12(15)10-8-17-20-13(10)19-14/h4-8,11H,2-3H2,1H3,(H3,15,17,18,19,20)/t11-/m0/s1. The van der Waals surface area contributed by atoms with Crippen LogP contribution in [0.5, 0.6) is 6.01 Å². The molecule has 3 rings (SSSR count). The molecule has 0 bridgehead atoms. The minimum Gasteiger partial charge on any atom is -0.455 e. The van der Waals surface area contributed by atoms with Crippen molar-refractivity contribution in [1.82, 2.24) is 25.1 Å². The van der Waals surface area contributed by atoms with Crippen molar-refractivity contribution in [2.24, 2.45) is 0 Å². The van der Waals surface area contributed by atoms with Crippen LogP contribution in [0.1, 0.15) is 31.4 Å². The Morgan fingerprint density at radius 3 is 2.86 bits per heavy atom. The van der Waals surface area contributed by atoms with Crippen molar-refractivity contribution in [3.63, 3.8) is 0 Å². The first-order valence-corrected chi connectivity index (χ1v) is 6.81. The van der Waals surface area contributed by atoms with Crippen molar-refractivity contribution in [2.45, 2.75) is 25.9 Å². The molecular weight excluding hydrogens is 268 g/mol. The molecule has 1 atom stereocenters. The molecule has 0 fully saturated rings. The van der Waals surface area contributed by atoms with Crippen LogP contribution in [-0.4, -0.2) is 25.1 Å². The smallest absolute Gasteiger partial charge is 0.321 e. The highest BCUT2D eigenvalue weighted by molar-refractivity contribution is 5.84. The van der Waals surface area contributed by atoms with E-state index in [0.29, 0.717) is 16.9 Å². The van der Waals surface area contributed by atoms with Gasteiger partial charge in [0, 0.05) is 12.4 Å². The first-order valence-electron chi connectivity index (χ1n) is 6.81. The molecule has 0 spiro atoms. The molecule has 108 valence electrons. The molecule has 3 aromatic heterocycles. The monoisotopic (exact) mass is 284 g/mol. The number of rotatable bonds is 5. The molecule has 21 heavy (non-hydrogen) atoms. The average Bonchev–Trinajstić information content (AvgIpc) is 2.97. The number of pyridine rings is 1. The van der Waals surface area contributed by atoms with E-state index in [4.69, 9.17) is 10.5 Å².